The Morgan fingerprint density at radius 1 is 0.895 bits per heavy atom. The molecule has 1 aliphatic rings. The monoisotopic (exact) mass is 265 g/mol. The van der Waals surface area contributed by atoms with Crippen molar-refractivity contribution < 1.29 is 4.74 Å². The molecular weight excluding hydrogens is 232 g/mol. The lowest BCUT2D eigenvalue weighted by Gasteiger charge is -1.98. The Hall–Kier alpha value is -0.300. The molecule has 0 bridgehead atoms. The Morgan fingerprint density at radius 3 is 2.47 bits per heavy atom. The zero-order chi connectivity index (χ0) is 13.8. The van der Waals surface area contributed by atoms with Gasteiger partial charge in [-0.15, -0.1) is 0 Å². The van der Waals surface area contributed by atoms with Gasteiger partial charge < -0.3 is 4.74 Å². The Kier molecular flexibility index (Phi) is 10.2. The maximum Gasteiger partial charge on any atom is 0.0876 e. The van der Waals surface area contributed by atoms with Crippen LogP contribution in [0.5, 0.6) is 0 Å². The van der Waals surface area contributed by atoms with Gasteiger partial charge in [0.15, 0.2) is 0 Å². The molecule has 1 saturated heterocycles. The minimum absolute atomic E-state index is 0.544. The zero-order valence-corrected chi connectivity index (χ0v) is 12.9. The normalized spacial score (nSPS) is 22.2. The van der Waals surface area contributed by atoms with Crippen LogP contribution < -0.4 is 0 Å². The van der Waals surface area contributed by atoms with Crippen molar-refractivity contribution in [1.29, 1.82) is 0 Å². The SMILES string of the molecule is [CH2]CCCCCCCC1OC1C/C=C/CCCCC. The van der Waals surface area contributed by atoms with Crippen molar-refractivity contribution in [3.05, 3.63) is 19.1 Å². The third-order valence-electron chi connectivity index (χ3n) is 3.94. The van der Waals surface area contributed by atoms with Crippen LogP contribution in [0, 0.1) is 6.92 Å². The largest absolute Gasteiger partial charge is 0.369 e. The van der Waals surface area contributed by atoms with Crippen LogP contribution in [-0.2, 0) is 4.74 Å². The molecule has 1 nitrogen and oxygen atoms in total. The van der Waals surface area contributed by atoms with Crippen LogP contribution in [0.15, 0.2) is 12.2 Å². The van der Waals surface area contributed by atoms with Crippen molar-refractivity contribution in [2.24, 2.45) is 0 Å². The second-order valence-electron chi connectivity index (χ2n) is 5.83. The van der Waals surface area contributed by atoms with E-state index in [2.05, 4.69) is 26.0 Å². The fraction of sp³-hybridized carbons (Fsp3) is 0.833. The highest BCUT2D eigenvalue weighted by Crippen LogP contribution is 2.30. The summed E-state index contributed by atoms with van der Waals surface area (Å²) in [5.41, 5.74) is 0. The quantitative estimate of drug-likeness (QED) is 0.231. The van der Waals surface area contributed by atoms with Gasteiger partial charge in [0.05, 0.1) is 12.2 Å². The Morgan fingerprint density at radius 2 is 1.68 bits per heavy atom. The molecule has 1 radical (unpaired) electrons. The molecule has 19 heavy (non-hydrogen) atoms. The summed E-state index contributed by atoms with van der Waals surface area (Å²) in [6, 6.07) is 0. The van der Waals surface area contributed by atoms with Crippen molar-refractivity contribution in [2.75, 3.05) is 0 Å². The summed E-state index contributed by atoms with van der Waals surface area (Å²) in [7, 11) is 0. The van der Waals surface area contributed by atoms with Gasteiger partial charge in [0.1, 0.15) is 0 Å². The van der Waals surface area contributed by atoms with Gasteiger partial charge >= 0.3 is 0 Å². The highest BCUT2D eigenvalue weighted by molar-refractivity contribution is 4.93. The van der Waals surface area contributed by atoms with Gasteiger partial charge in [-0.3, -0.25) is 0 Å². The lowest BCUT2D eigenvalue weighted by Crippen LogP contribution is -1.93. The van der Waals surface area contributed by atoms with Gasteiger partial charge in [-0.1, -0.05) is 77.4 Å². The number of hydrogen-bond donors (Lipinski definition) is 0. The van der Waals surface area contributed by atoms with Crippen LogP contribution in [0.3, 0.4) is 0 Å². The second-order valence-corrected chi connectivity index (χ2v) is 5.83. The first kappa shape index (κ1) is 16.8. The second kappa shape index (κ2) is 11.5. The third-order valence-corrected chi connectivity index (χ3v) is 3.94. The molecule has 0 saturated carbocycles. The Labute approximate surface area is 120 Å². The van der Waals surface area contributed by atoms with E-state index in [9.17, 15) is 0 Å². The molecule has 1 heterocycles. The van der Waals surface area contributed by atoms with Gasteiger partial charge in [-0.2, -0.15) is 0 Å². The molecule has 1 fully saturated rings. The van der Waals surface area contributed by atoms with E-state index in [1.165, 1.54) is 64.2 Å². The standard InChI is InChI=1S/C18H33O/c1-3-5-7-9-11-13-15-17-18(19-17)16-14-12-10-8-6-4-2/h12,14,17-18H,1,3-11,13,15-16H2,2H3/b14-12+. The molecule has 111 valence electrons. The van der Waals surface area contributed by atoms with E-state index in [-0.39, 0.29) is 0 Å². The molecule has 0 spiro atoms. The van der Waals surface area contributed by atoms with E-state index in [0.717, 1.165) is 12.8 Å². The predicted molar refractivity (Wildman–Crippen MR) is 84.2 cm³/mol. The minimum atomic E-state index is 0.544. The van der Waals surface area contributed by atoms with Crippen LogP contribution in [-0.4, -0.2) is 12.2 Å². The molecule has 0 aliphatic carbocycles. The number of unbranched alkanes of at least 4 members (excludes halogenated alkanes) is 8. The molecular formula is C18H33O. The van der Waals surface area contributed by atoms with Gasteiger partial charge in [0.2, 0.25) is 0 Å². The number of rotatable bonds is 13. The third kappa shape index (κ3) is 9.27. The van der Waals surface area contributed by atoms with E-state index in [0.29, 0.717) is 12.2 Å². The Bertz CT molecular complexity index is 222. The van der Waals surface area contributed by atoms with Crippen molar-refractivity contribution in [1.82, 2.24) is 0 Å². The van der Waals surface area contributed by atoms with Crippen LogP contribution in [0.1, 0.15) is 84.0 Å². The van der Waals surface area contributed by atoms with Crippen molar-refractivity contribution in [3.8, 4) is 0 Å². The van der Waals surface area contributed by atoms with Gasteiger partial charge in [-0.05, 0) is 25.7 Å². The summed E-state index contributed by atoms with van der Waals surface area (Å²) in [5.74, 6) is 0. The molecule has 0 aromatic rings. The molecule has 1 aliphatic heterocycles. The highest BCUT2D eigenvalue weighted by Gasteiger charge is 2.36. The molecule has 0 aromatic heterocycles. The number of epoxide rings is 1. The van der Waals surface area contributed by atoms with Crippen LogP contribution in [0.25, 0.3) is 0 Å². The highest BCUT2D eigenvalue weighted by atomic mass is 16.6. The van der Waals surface area contributed by atoms with E-state index in [1.54, 1.807) is 0 Å². The Balaban J connectivity index is 1.83. The average molecular weight is 265 g/mol. The maximum atomic E-state index is 5.71. The fourth-order valence-corrected chi connectivity index (χ4v) is 2.55. The van der Waals surface area contributed by atoms with Crippen molar-refractivity contribution >= 4 is 0 Å². The van der Waals surface area contributed by atoms with E-state index < -0.39 is 0 Å². The van der Waals surface area contributed by atoms with E-state index in [1.807, 2.05) is 0 Å². The fourth-order valence-electron chi connectivity index (χ4n) is 2.55. The molecule has 1 rings (SSSR count). The summed E-state index contributed by atoms with van der Waals surface area (Å²) in [6.07, 6.45) is 21.3. The predicted octanol–water partition coefficient (Wildman–Crippen LogP) is 5.85. The molecule has 2 atom stereocenters. The van der Waals surface area contributed by atoms with Crippen LogP contribution in [0.2, 0.25) is 0 Å². The summed E-state index contributed by atoms with van der Waals surface area (Å²) < 4.78 is 5.71. The number of allylic oxidation sites excluding steroid dienone is 1. The van der Waals surface area contributed by atoms with E-state index in [4.69, 9.17) is 4.74 Å². The summed E-state index contributed by atoms with van der Waals surface area (Å²) in [6.45, 7) is 6.13. The van der Waals surface area contributed by atoms with Gasteiger partial charge in [-0.25, -0.2) is 0 Å². The minimum Gasteiger partial charge on any atom is -0.369 e. The lowest BCUT2D eigenvalue weighted by molar-refractivity contribution is 0.358. The smallest absolute Gasteiger partial charge is 0.0876 e. The lowest BCUT2D eigenvalue weighted by atomic mass is 10.1. The molecule has 2 unspecified atom stereocenters. The topological polar surface area (TPSA) is 12.5 Å². The number of ether oxygens (including phenoxy) is 1. The van der Waals surface area contributed by atoms with Crippen molar-refractivity contribution in [3.63, 3.8) is 0 Å². The first-order chi connectivity index (χ1) is 9.38. The first-order valence-corrected chi connectivity index (χ1v) is 8.48. The number of hydrogen-bond acceptors (Lipinski definition) is 1. The van der Waals surface area contributed by atoms with Crippen LogP contribution in [0.4, 0.5) is 0 Å². The maximum absolute atomic E-state index is 5.71. The average Bonchev–Trinajstić information content (AvgIpc) is 3.16. The molecule has 0 aromatic carbocycles. The van der Waals surface area contributed by atoms with Crippen LogP contribution >= 0.6 is 0 Å². The first-order valence-electron chi connectivity index (χ1n) is 8.48. The summed E-state index contributed by atoms with van der Waals surface area (Å²) in [5, 5.41) is 0. The molecule has 0 amide bonds. The van der Waals surface area contributed by atoms with Crippen molar-refractivity contribution in [2.45, 2.75) is 96.2 Å². The van der Waals surface area contributed by atoms with Gasteiger partial charge in [0, 0.05) is 0 Å². The summed E-state index contributed by atoms with van der Waals surface area (Å²) >= 11 is 0. The zero-order valence-electron chi connectivity index (χ0n) is 12.9. The molecule has 1 heteroatoms. The summed E-state index contributed by atoms with van der Waals surface area (Å²) in [4.78, 5) is 0. The molecule has 0 N–H and O–H groups in total. The van der Waals surface area contributed by atoms with E-state index >= 15 is 0 Å². The van der Waals surface area contributed by atoms with Gasteiger partial charge in [0.25, 0.3) is 0 Å².